The number of rotatable bonds is 48. The van der Waals surface area contributed by atoms with Crippen LogP contribution in [0.4, 0.5) is 0 Å². The average molecular weight is 980 g/mol. The third-order valence-corrected chi connectivity index (χ3v) is 12.4. The van der Waals surface area contributed by atoms with Gasteiger partial charge in [-0.25, -0.2) is 4.57 Å². The summed E-state index contributed by atoms with van der Waals surface area (Å²) in [6.45, 7) is 4.62. The van der Waals surface area contributed by atoms with Crippen molar-refractivity contribution in [3.63, 3.8) is 0 Å². The van der Waals surface area contributed by atoms with Crippen LogP contribution in [0.15, 0.2) is 122 Å². The van der Waals surface area contributed by atoms with E-state index >= 15 is 0 Å². The van der Waals surface area contributed by atoms with E-state index in [0.717, 1.165) is 77.0 Å². The lowest BCUT2D eigenvalue weighted by atomic mass is 10.0. The van der Waals surface area contributed by atoms with Crippen molar-refractivity contribution in [2.45, 2.75) is 212 Å². The van der Waals surface area contributed by atoms with Crippen LogP contribution in [0.3, 0.4) is 0 Å². The molecule has 0 aliphatic rings. The summed E-state index contributed by atoms with van der Waals surface area (Å²) in [6.07, 6.45) is 74.5. The zero-order valence-corrected chi connectivity index (χ0v) is 45.6. The molecule has 69 heavy (non-hydrogen) atoms. The first kappa shape index (κ1) is 65.9. The van der Waals surface area contributed by atoms with Crippen molar-refractivity contribution in [3.05, 3.63) is 122 Å². The zero-order valence-electron chi connectivity index (χ0n) is 44.8. The first-order valence-electron chi connectivity index (χ1n) is 27.4. The van der Waals surface area contributed by atoms with E-state index in [4.69, 9.17) is 9.05 Å². The molecule has 0 aromatic carbocycles. The molecule has 0 bridgehead atoms. The van der Waals surface area contributed by atoms with Crippen molar-refractivity contribution in [2.75, 3.05) is 40.9 Å². The van der Waals surface area contributed by atoms with Crippen molar-refractivity contribution in [2.24, 2.45) is 0 Å². The molecule has 3 atom stereocenters. The Labute approximate surface area is 424 Å². The summed E-state index contributed by atoms with van der Waals surface area (Å²) < 4.78 is 23.6. The fourth-order valence-electron chi connectivity index (χ4n) is 7.12. The summed E-state index contributed by atoms with van der Waals surface area (Å²) >= 11 is 0. The van der Waals surface area contributed by atoms with E-state index in [0.29, 0.717) is 17.4 Å². The number of phosphoric ester groups is 1. The Balaban J connectivity index is 4.48. The van der Waals surface area contributed by atoms with Gasteiger partial charge in [-0.1, -0.05) is 219 Å². The van der Waals surface area contributed by atoms with Gasteiger partial charge in [-0.05, 0) is 96.3 Å². The first-order chi connectivity index (χ1) is 33.5. The van der Waals surface area contributed by atoms with Gasteiger partial charge < -0.3 is 19.8 Å². The van der Waals surface area contributed by atoms with Crippen molar-refractivity contribution < 1.29 is 32.9 Å². The smallest absolute Gasteiger partial charge is 0.387 e. The van der Waals surface area contributed by atoms with Crippen LogP contribution in [0.1, 0.15) is 200 Å². The number of hydrogen-bond donors (Lipinski definition) is 3. The second kappa shape index (κ2) is 49.9. The van der Waals surface area contributed by atoms with E-state index in [2.05, 4.69) is 129 Å². The lowest BCUT2D eigenvalue weighted by molar-refractivity contribution is -0.870. The Morgan fingerprint density at radius 1 is 0.507 bits per heavy atom. The van der Waals surface area contributed by atoms with Gasteiger partial charge in [0.05, 0.1) is 39.9 Å². The highest BCUT2D eigenvalue weighted by Gasteiger charge is 2.27. The Morgan fingerprint density at radius 2 is 0.884 bits per heavy atom. The molecule has 0 aliphatic heterocycles. The number of amides is 1. The molecular weight excluding hydrogens is 876 g/mol. The van der Waals surface area contributed by atoms with E-state index in [-0.39, 0.29) is 25.5 Å². The van der Waals surface area contributed by atoms with E-state index in [1.165, 1.54) is 96.3 Å². The van der Waals surface area contributed by atoms with E-state index < -0.39 is 20.0 Å². The minimum absolute atomic E-state index is 0.0354. The van der Waals surface area contributed by atoms with Gasteiger partial charge in [-0.2, -0.15) is 0 Å². The summed E-state index contributed by atoms with van der Waals surface area (Å²) in [6, 6.07) is -0.910. The SMILES string of the molecule is CC/C=C\C/C=C\C/C=C\C/C=C\C/C=C\C/C=C\C/C=C\CCCC(=O)NC(COP(=O)(O)OCC[N+](C)(C)C)C(O)/C=C/CC/C=C/CC/C=C/CCCCCCCCCCCCCCCC. The predicted molar refractivity (Wildman–Crippen MR) is 299 cm³/mol. The number of nitrogens with zero attached hydrogens (tertiary/aromatic N) is 1. The lowest BCUT2D eigenvalue weighted by Crippen LogP contribution is -2.45. The predicted octanol–water partition coefficient (Wildman–Crippen LogP) is 16.6. The molecule has 0 heterocycles. The maximum Gasteiger partial charge on any atom is 0.472 e. The number of aliphatic hydroxyl groups excluding tert-OH is 1. The van der Waals surface area contributed by atoms with Gasteiger partial charge in [-0.3, -0.25) is 13.8 Å². The molecule has 0 aromatic rings. The lowest BCUT2D eigenvalue weighted by Gasteiger charge is -2.25. The third-order valence-electron chi connectivity index (χ3n) is 11.4. The number of allylic oxidation sites excluding steroid dienone is 19. The second-order valence-corrected chi connectivity index (χ2v) is 20.7. The van der Waals surface area contributed by atoms with Crippen LogP contribution in [-0.2, 0) is 18.4 Å². The largest absolute Gasteiger partial charge is 0.472 e. The van der Waals surface area contributed by atoms with Gasteiger partial charge in [0.15, 0.2) is 0 Å². The molecule has 0 saturated heterocycles. The second-order valence-electron chi connectivity index (χ2n) is 19.2. The van der Waals surface area contributed by atoms with E-state index in [9.17, 15) is 19.4 Å². The number of unbranched alkanes of at least 4 members (excludes halogenated alkanes) is 17. The van der Waals surface area contributed by atoms with Crippen LogP contribution >= 0.6 is 7.82 Å². The molecule has 0 rings (SSSR count). The minimum atomic E-state index is -4.38. The summed E-state index contributed by atoms with van der Waals surface area (Å²) in [7, 11) is 1.49. The van der Waals surface area contributed by atoms with Gasteiger partial charge in [-0.15, -0.1) is 0 Å². The number of aliphatic hydroxyl groups is 1. The molecule has 0 aliphatic carbocycles. The van der Waals surface area contributed by atoms with Gasteiger partial charge >= 0.3 is 7.82 Å². The van der Waals surface area contributed by atoms with Crippen LogP contribution in [0.5, 0.6) is 0 Å². The average Bonchev–Trinajstić information content (AvgIpc) is 3.31. The van der Waals surface area contributed by atoms with Crippen LogP contribution in [0.2, 0.25) is 0 Å². The fourth-order valence-corrected chi connectivity index (χ4v) is 7.86. The molecule has 8 nitrogen and oxygen atoms in total. The van der Waals surface area contributed by atoms with Crippen LogP contribution in [0.25, 0.3) is 0 Å². The van der Waals surface area contributed by atoms with Crippen molar-refractivity contribution in [1.82, 2.24) is 5.32 Å². The molecule has 3 N–H and O–H groups in total. The van der Waals surface area contributed by atoms with Crippen molar-refractivity contribution >= 4 is 13.7 Å². The molecule has 1 amide bonds. The summed E-state index contributed by atoms with van der Waals surface area (Å²) in [5.74, 6) is -0.253. The molecule has 0 radical (unpaired) electrons. The quantitative estimate of drug-likeness (QED) is 0.0243. The first-order valence-corrected chi connectivity index (χ1v) is 28.9. The highest BCUT2D eigenvalue weighted by molar-refractivity contribution is 7.47. The Hall–Kier alpha value is -3.10. The number of hydrogen-bond acceptors (Lipinski definition) is 5. The molecule has 0 saturated carbocycles. The molecule has 0 spiro atoms. The Bertz CT molecular complexity index is 1530. The maximum absolute atomic E-state index is 12.9. The molecular formula is C60H104N2O6P+. The molecule has 9 heteroatoms. The summed E-state index contributed by atoms with van der Waals surface area (Å²) in [4.78, 5) is 23.2. The molecule has 0 fully saturated rings. The molecule has 394 valence electrons. The minimum Gasteiger partial charge on any atom is -0.387 e. The summed E-state index contributed by atoms with van der Waals surface area (Å²) in [5, 5.41) is 13.8. The van der Waals surface area contributed by atoms with Gasteiger partial charge in [0.25, 0.3) is 0 Å². The number of quaternary nitrogens is 1. The number of likely N-dealkylation sites (N-methyl/N-ethyl adjacent to an activating group) is 1. The van der Waals surface area contributed by atoms with Crippen LogP contribution < -0.4 is 5.32 Å². The topological polar surface area (TPSA) is 105 Å². The normalized spacial score (nSPS) is 14.9. The van der Waals surface area contributed by atoms with E-state index in [1.54, 1.807) is 6.08 Å². The molecule has 0 aromatic heterocycles. The standard InChI is InChI=1S/C60H103N2O6P/c1-6-8-10-12-14-16-18-20-22-24-26-28-30-32-33-35-37-39-41-43-45-47-49-51-53-59(63)58(57-68-69(65,66)67-56-55-62(3,4)5)61-60(64)54-52-50-48-46-44-42-40-38-36-34-31-29-27-25-23-21-19-17-15-13-11-9-7-2/h9,11,15,17,21,23,27,29,34-37,40,42-43,45-46,48,51,53,58-59,63H,6-8,10,12-14,16,18-20,22,24-26,28,30-33,38-39,41,44,47,49-50,52,54-57H2,1-5H3,(H-,61,64,65,66)/p+1/b11-9-,17-15-,23-21-,29-27-,36-34-,37-35+,42-40-,45-43+,48-46-,53-51+. The Morgan fingerprint density at radius 3 is 1.33 bits per heavy atom. The third kappa shape index (κ3) is 52.6. The Kier molecular flexibility index (Phi) is 47.6. The van der Waals surface area contributed by atoms with Crippen LogP contribution in [0, 0.1) is 0 Å². The maximum atomic E-state index is 12.9. The number of carbonyl (C=O) groups excluding carboxylic acids is 1. The highest BCUT2D eigenvalue weighted by Crippen LogP contribution is 2.43. The van der Waals surface area contributed by atoms with Crippen LogP contribution in [-0.4, -0.2) is 73.4 Å². The zero-order chi connectivity index (χ0) is 50.6. The monoisotopic (exact) mass is 980 g/mol. The van der Waals surface area contributed by atoms with E-state index in [1.807, 2.05) is 27.2 Å². The number of carbonyl (C=O) groups is 1. The van der Waals surface area contributed by atoms with Gasteiger partial charge in [0.2, 0.25) is 5.91 Å². The number of nitrogens with one attached hydrogen (secondary N) is 1. The van der Waals surface area contributed by atoms with Gasteiger partial charge in [0, 0.05) is 6.42 Å². The van der Waals surface area contributed by atoms with Crippen molar-refractivity contribution in [3.8, 4) is 0 Å². The van der Waals surface area contributed by atoms with Crippen molar-refractivity contribution in [1.29, 1.82) is 0 Å². The number of phosphoric acid groups is 1. The van der Waals surface area contributed by atoms with Gasteiger partial charge in [0.1, 0.15) is 13.2 Å². The summed E-state index contributed by atoms with van der Waals surface area (Å²) in [5.41, 5.74) is 0. The highest BCUT2D eigenvalue weighted by atomic mass is 31.2. The molecule has 3 unspecified atom stereocenters. The fraction of sp³-hybridized carbons (Fsp3) is 0.650.